The molecule has 3 aromatic rings. The number of nitrogens with zero attached hydrogens (tertiary/aromatic N) is 1. The Labute approximate surface area is 161 Å². The Morgan fingerprint density at radius 1 is 0.889 bits per heavy atom. The molecule has 5 nitrogen and oxygen atoms in total. The molecular formula is C21H18N2O3S. The van der Waals surface area contributed by atoms with E-state index < -0.39 is 4.92 Å². The molecule has 0 unspecified atom stereocenters. The highest BCUT2D eigenvalue weighted by Gasteiger charge is 2.16. The minimum atomic E-state index is -0.439. The lowest BCUT2D eigenvalue weighted by Gasteiger charge is -2.20. The van der Waals surface area contributed by atoms with Gasteiger partial charge in [-0.1, -0.05) is 60.7 Å². The molecule has 0 spiro atoms. The topological polar surface area (TPSA) is 72.2 Å². The van der Waals surface area contributed by atoms with Crippen molar-refractivity contribution in [3.05, 3.63) is 106 Å². The SMILES string of the molecule is O=C(CSc1ccc([N+](=O)[O-])cc1)NC(c1ccccc1)c1ccccc1. The van der Waals surface area contributed by atoms with Crippen molar-refractivity contribution in [2.45, 2.75) is 10.9 Å². The number of non-ortho nitro benzene ring substituents is 1. The summed E-state index contributed by atoms with van der Waals surface area (Å²) in [5.41, 5.74) is 2.06. The molecule has 0 fully saturated rings. The minimum Gasteiger partial charge on any atom is -0.344 e. The molecule has 0 atom stereocenters. The van der Waals surface area contributed by atoms with Gasteiger partial charge in [-0.15, -0.1) is 11.8 Å². The molecule has 0 aliphatic rings. The summed E-state index contributed by atoms with van der Waals surface area (Å²) in [6.07, 6.45) is 0. The maximum absolute atomic E-state index is 12.5. The van der Waals surface area contributed by atoms with Crippen molar-refractivity contribution in [1.82, 2.24) is 5.32 Å². The molecule has 0 aromatic heterocycles. The second-order valence-corrected chi connectivity index (χ2v) is 6.91. The van der Waals surface area contributed by atoms with Crippen LogP contribution in [0.25, 0.3) is 0 Å². The van der Waals surface area contributed by atoms with Crippen molar-refractivity contribution < 1.29 is 9.72 Å². The third kappa shape index (κ3) is 5.18. The first-order chi connectivity index (χ1) is 13.1. The average Bonchev–Trinajstić information content (AvgIpc) is 2.72. The summed E-state index contributed by atoms with van der Waals surface area (Å²) < 4.78 is 0. The molecule has 0 aliphatic heterocycles. The number of carbonyl (C=O) groups is 1. The van der Waals surface area contributed by atoms with Crippen LogP contribution < -0.4 is 5.32 Å². The van der Waals surface area contributed by atoms with Gasteiger partial charge in [-0.3, -0.25) is 14.9 Å². The van der Waals surface area contributed by atoms with E-state index in [-0.39, 0.29) is 23.4 Å². The molecule has 0 saturated carbocycles. The lowest BCUT2D eigenvalue weighted by molar-refractivity contribution is -0.384. The number of rotatable bonds is 7. The molecule has 1 amide bonds. The van der Waals surface area contributed by atoms with E-state index in [0.29, 0.717) is 0 Å². The van der Waals surface area contributed by atoms with Gasteiger partial charge in [0.25, 0.3) is 5.69 Å². The molecule has 3 rings (SSSR count). The fraction of sp³-hybridized carbons (Fsp3) is 0.0952. The first-order valence-corrected chi connectivity index (χ1v) is 9.38. The Morgan fingerprint density at radius 2 is 1.41 bits per heavy atom. The highest BCUT2D eigenvalue weighted by atomic mass is 32.2. The van der Waals surface area contributed by atoms with E-state index in [1.165, 1.54) is 23.9 Å². The zero-order valence-electron chi connectivity index (χ0n) is 14.4. The number of benzene rings is 3. The second-order valence-electron chi connectivity index (χ2n) is 5.86. The van der Waals surface area contributed by atoms with Crippen LogP contribution >= 0.6 is 11.8 Å². The number of carbonyl (C=O) groups excluding carboxylic acids is 1. The van der Waals surface area contributed by atoms with E-state index in [0.717, 1.165) is 16.0 Å². The molecular weight excluding hydrogens is 360 g/mol. The number of hydrogen-bond acceptors (Lipinski definition) is 4. The van der Waals surface area contributed by atoms with Crippen molar-refractivity contribution in [2.75, 3.05) is 5.75 Å². The fourth-order valence-corrected chi connectivity index (χ4v) is 3.38. The summed E-state index contributed by atoms with van der Waals surface area (Å²) >= 11 is 1.35. The summed E-state index contributed by atoms with van der Waals surface area (Å²) in [5, 5.41) is 13.8. The highest BCUT2D eigenvalue weighted by molar-refractivity contribution is 8.00. The number of nitro benzene ring substituents is 1. The molecule has 6 heteroatoms. The summed E-state index contributed by atoms with van der Waals surface area (Å²) in [6.45, 7) is 0. The number of amides is 1. The van der Waals surface area contributed by atoms with E-state index in [2.05, 4.69) is 5.32 Å². The highest BCUT2D eigenvalue weighted by Crippen LogP contribution is 2.24. The monoisotopic (exact) mass is 378 g/mol. The Bertz CT molecular complexity index is 860. The predicted octanol–water partition coefficient (Wildman–Crippen LogP) is 4.59. The minimum absolute atomic E-state index is 0.0389. The van der Waals surface area contributed by atoms with Crippen LogP contribution in [0.15, 0.2) is 89.8 Å². The zero-order valence-corrected chi connectivity index (χ0v) is 15.3. The predicted molar refractivity (Wildman–Crippen MR) is 107 cm³/mol. The standard InChI is InChI=1S/C21H18N2O3S/c24-20(15-27-19-13-11-18(12-14-19)23(25)26)22-21(16-7-3-1-4-8-16)17-9-5-2-6-10-17/h1-14,21H,15H2,(H,22,24). The Balaban J connectivity index is 1.67. The zero-order chi connectivity index (χ0) is 19.1. The van der Waals surface area contributed by atoms with Crippen LogP contribution in [-0.4, -0.2) is 16.6 Å². The van der Waals surface area contributed by atoms with Crippen LogP contribution in [0, 0.1) is 10.1 Å². The summed E-state index contributed by atoms with van der Waals surface area (Å²) in [7, 11) is 0. The maximum atomic E-state index is 12.5. The maximum Gasteiger partial charge on any atom is 0.269 e. The van der Waals surface area contributed by atoms with Crippen molar-refractivity contribution in [2.24, 2.45) is 0 Å². The number of hydrogen-bond donors (Lipinski definition) is 1. The fourth-order valence-electron chi connectivity index (χ4n) is 2.67. The average molecular weight is 378 g/mol. The van der Waals surface area contributed by atoms with Crippen LogP contribution in [0.3, 0.4) is 0 Å². The Morgan fingerprint density at radius 3 is 1.89 bits per heavy atom. The molecule has 1 N–H and O–H groups in total. The molecule has 0 bridgehead atoms. The van der Waals surface area contributed by atoms with Crippen molar-refractivity contribution in [3.63, 3.8) is 0 Å². The lowest BCUT2D eigenvalue weighted by atomic mass is 9.99. The van der Waals surface area contributed by atoms with E-state index in [1.807, 2.05) is 60.7 Å². The first kappa shape index (κ1) is 18.7. The molecule has 0 saturated heterocycles. The van der Waals surface area contributed by atoms with Gasteiger partial charge in [0, 0.05) is 17.0 Å². The van der Waals surface area contributed by atoms with Gasteiger partial charge in [0.15, 0.2) is 0 Å². The number of nitrogens with one attached hydrogen (secondary N) is 1. The van der Waals surface area contributed by atoms with Gasteiger partial charge in [-0.05, 0) is 23.3 Å². The molecule has 3 aromatic carbocycles. The normalized spacial score (nSPS) is 10.6. The summed E-state index contributed by atoms with van der Waals surface area (Å²) in [4.78, 5) is 23.6. The summed E-state index contributed by atoms with van der Waals surface area (Å²) in [5.74, 6) is 0.129. The van der Waals surface area contributed by atoms with E-state index in [1.54, 1.807) is 12.1 Å². The molecule has 27 heavy (non-hydrogen) atoms. The number of nitro groups is 1. The van der Waals surface area contributed by atoms with Gasteiger partial charge < -0.3 is 5.32 Å². The van der Waals surface area contributed by atoms with Crippen molar-refractivity contribution in [3.8, 4) is 0 Å². The molecule has 136 valence electrons. The van der Waals surface area contributed by atoms with Crippen LogP contribution in [0.4, 0.5) is 5.69 Å². The van der Waals surface area contributed by atoms with Crippen LogP contribution in [-0.2, 0) is 4.79 Å². The third-order valence-corrected chi connectivity index (χ3v) is 5.00. The van der Waals surface area contributed by atoms with Crippen LogP contribution in [0.5, 0.6) is 0 Å². The molecule has 0 radical (unpaired) electrons. The van der Waals surface area contributed by atoms with Gasteiger partial charge in [0.2, 0.25) is 5.91 Å². The molecule has 0 heterocycles. The second kappa shape index (κ2) is 9.00. The van der Waals surface area contributed by atoms with Crippen LogP contribution in [0.1, 0.15) is 17.2 Å². The van der Waals surface area contributed by atoms with E-state index in [9.17, 15) is 14.9 Å². The van der Waals surface area contributed by atoms with Gasteiger partial charge >= 0.3 is 0 Å². The first-order valence-electron chi connectivity index (χ1n) is 8.40. The van der Waals surface area contributed by atoms with E-state index >= 15 is 0 Å². The lowest BCUT2D eigenvalue weighted by Crippen LogP contribution is -2.30. The molecule has 0 aliphatic carbocycles. The van der Waals surface area contributed by atoms with Gasteiger partial charge in [0.1, 0.15) is 0 Å². The Kier molecular flexibility index (Phi) is 6.22. The van der Waals surface area contributed by atoms with Crippen LogP contribution in [0.2, 0.25) is 0 Å². The van der Waals surface area contributed by atoms with Crippen molar-refractivity contribution >= 4 is 23.4 Å². The Hall–Kier alpha value is -3.12. The van der Waals surface area contributed by atoms with Gasteiger partial charge in [0.05, 0.1) is 16.7 Å². The smallest absolute Gasteiger partial charge is 0.269 e. The van der Waals surface area contributed by atoms with E-state index in [4.69, 9.17) is 0 Å². The number of thioether (sulfide) groups is 1. The van der Waals surface area contributed by atoms with Gasteiger partial charge in [-0.25, -0.2) is 0 Å². The van der Waals surface area contributed by atoms with Crippen molar-refractivity contribution in [1.29, 1.82) is 0 Å². The quantitative estimate of drug-likeness (QED) is 0.371. The summed E-state index contributed by atoms with van der Waals surface area (Å²) in [6, 6.07) is 25.6. The van der Waals surface area contributed by atoms with Gasteiger partial charge in [-0.2, -0.15) is 0 Å². The largest absolute Gasteiger partial charge is 0.344 e. The third-order valence-electron chi connectivity index (χ3n) is 3.99.